The Morgan fingerprint density at radius 3 is 2.74 bits per heavy atom. The largest absolute Gasteiger partial charge is 0.479 e. The Morgan fingerprint density at radius 2 is 2.16 bits per heavy atom. The predicted molar refractivity (Wildman–Crippen MR) is 74.3 cm³/mol. The van der Waals surface area contributed by atoms with Crippen molar-refractivity contribution in [3.8, 4) is 0 Å². The topological polar surface area (TPSA) is 75.6 Å². The van der Waals surface area contributed by atoms with Crippen LogP contribution in [-0.2, 0) is 20.7 Å². The summed E-state index contributed by atoms with van der Waals surface area (Å²) in [4.78, 5) is 23.7. The van der Waals surface area contributed by atoms with Gasteiger partial charge in [-0.25, -0.2) is 4.79 Å². The molecule has 1 aliphatic heterocycles. The maximum atomic E-state index is 11.8. The van der Waals surface area contributed by atoms with Crippen molar-refractivity contribution < 1.29 is 19.4 Å². The number of carbonyl (C=O) groups is 2. The number of thiophene rings is 1. The standard InChI is InChI=1S/C12H14BrNO4S/c13-10-4-1-7(19-10)5-6-14-11(15)8-2-3-9(18-8)12(16)17/h1,4,8-9H,2-3,5-6H2,(H,14,15)(H,16,17)/t8-,9+/m0/s1. The van der Waals surface area contributed by atoms with Gasteiger partial charge >= 0.3 is 5.97 Å². The molecule has 1 aromatic rings. The molecule has 7 heteroatoms. The molecular formula is C12H14BrNO4S. The summed E-state index contributed by atoms with van der Waals surface area (Å²) in [5.74, 6) is -1.22. The highest BCUT2D eigenvalue weighted by atomic mass is 79.9. The lowest BCUT2D eigenvalue weighted by atomic mass is 10.2. The molecule has 1 aliphatic rings. The van der Waals surface area contributed by atoms with E-state index in [0.29, 0.717) is 19.4 Å². The Hall–Kier alpha value is -0.920. The fourth-order valence-electron chi connectivity index (χ4n) is 1.92. The second kappa shape index (κ2) is 6.49. The predicted octanol–water partition coefficient (Wildman–Crippen LogP) is 1.80. The van der Waals surface area contributed by atoms with Crippen LogP contribution >= 0.6 is 27.3 Å². The summed E-state index contributed by atoms with van der Waals surface area (Å²) in [6.45, 7) is 0.531. The minimum absolute atomic E-state index is 0.223. The van der Waals surface area contributed by atoms with E-state index in [1.54, 1.807) is 11.3 Å². The zero-order valence-electron chi connectivity index (χ0n) is 10.1. The molecule has 0 unspecified atom stereocenters. The van der Waals surface area contributed by atoms with Crippen LogP contribution in [0.2, 0.25) is 0 Å². The number of carboxylic acids is 1. The lowest BCUT2D eigenvalue weighted by Gasteiger charge is -2.11. The van der Waals surface area contributed by atoms with E-state index >= 15 is 0 Å². The molecule has 1 aromatic heterocycles. The van der Waals surface area contributed by atoms with Crippen molar-refractivity contribution in [2.24, 2.45) is 0 Å². The number of halogens is 1. The molecule has 2 heterocycles. The zero-order chi connectivity index (χ0) is 13.8. The molecule has 19 heavy (non-hydrogen) atoms. The van der Waals surface area contributed by atoms with Gasteiger partial charge in [0.15, 0.2) is 6.10 Å². The van der Waals surface area contributed by atoms with Crippen LogP contribution in [0.25, 0.3) is 0 Å². The Balaban J connectivity index is 1.72. The first-order valence-electron chi connectivity index (χ1n) is 5.96. The Labute approximate surface area is 123 Å². The maximum Gasteiger partial charge on any atom is 0.332 e. The number of carboxylic acid groups (broad SMARTS) is 1. The van der Waals surface area contributed by atoms with Crippen LogP contribution in [0.4, 0.5) is 0 Å². The fourth-order valence-corrected chi connectivity index (χ4v) is 3.40. The molecule has 0 aromatic carbocycles. The van der Waals surface area contributed by atoms with Gasteiger partial charge in [-0.15, -0.1) is 11.3 Å². The molecule has 0 saturated carbocycles. The second-order valence-electron chi connectivity index (χ2n) is 4.28. The van der Waals surface area contributed by atoms with Gasteiger partial charge in [-0.2, -0.15) is 0 Å². The van der Waals surface area contributed by atoms with E-state index in [0.717, 1.165) is 10.2 Å². The van der Waals surface area contributed by atoms with Crippen molar-refractivity contribution in [1.29, 1.82) is 0 Å². The third kappa shape index (κ3) is 4.02. The summed E-state index contributed by atoms with van der Waals surface area (Å²) in [5, 5.41) is 11.6. The quantitative estimate of drug-likeness (QED) is 0.851. The highest BCUT2D eigenvalue weighted by Gasteiger charge is 2.34. The molecule has 2 N–H and O–H groups in total. The van der Waals surface area contributed by atoms with Crippen LogP contribution in [0.3, 0.4) is 0 Å². The molecule has 1 amide bonds. The molecule has 1 saturated heterocycles. The SMILES string of the molecule is O=C(NCCc1ccc(Br)s1)[C@@H]1CC[C@H](C(=O)O)O1. The van der Waals surface area contributed by atoms with Gasteiger partial charge in [-0.3, -0.25) is 4.79 Å². The summed E-state index contributed by atoms with van der Waals surface area (Å²) in [7, 11) is 0. The molecule has 0 spiro atoms. The Bertz CT molecular complexity index is 476. The lowest BCUT2D eigenvalue weighted by molar-refractivity contribution is -0.151. The molecule has 0 bridgehead atoms. The Morgan fingerprint density at radius 1 is 1.42 bits per heavy atom. The van der Waals surface area contributed by atoms with Crippen molar-refractivity contribution in [3.63, 3.8) is 0 Å². The van der Waals surface area contributed by atoms with Gasteiger partial charge < -0.3 is 15.2 Å². The maximum absolute atomic E-state index is 11.8. The molecule has 1 fully saturated rings. The second-order valence-corrected chi connectivity index (χ2v) is 6.82. The van der Waals surface area contributed by atoms with Crippen LogP contribution < -0.4 is 5.32 Å². The number of hydrogen-bond donors (Lipinski definition) is 2. The molecule has 0 radical (unpaired) electrons. The first-order valence-corrected chi connectivity index (χ1v) is 7.57. The molecule has 104 valence electrons. The average molecular weight is 348 g/mol. The van der Waals surface area contributed by atoms with E-state index in [1.165, 1.54) is 4.88 Å². The van der Waals surface area contributed by atoms with Crippen LogP contribution in [0.5, 0.6) is 0 Å². The van der Waals surface area contributed by atoms with Gasteiger partial charge in [0, 0.05) is 11.4 Å². The smallest absolute Gasteiger partial charge is 0.332 e. The van der Waals surface area contributed by atoms with Crippen LogP contribution in [-0.4, -0.2) is 35.7 Å². The highest BCUT2D eigenvalue weighted by Crippen LogP contribution is 2.22. The van der Waals surface area contributed by atoms with Crippen molar-refractivity contribution in [2.45, 2.75) is 31.5 Å². The van der Waals surface area contributed by atoms with Crippen LogP contribution in [0.1, 0.15) is 17.7 Å². The molecule has 2 atom stereocenters. The van der Waals surface area contributed by atoms with Gasteiger partial charge in [-0.1, -0.05) is 0 Å². The number of nitrogens with one attached hydrogen (secondary N) is 1. The van der Waals surface area contributed by atoms with E-state index in [2.05, 4.69) is 21.2 Å². The third-order valence-corrected chi connectivity index (χ3v) is 4.57. The Kier molecular flexibility index (Phi) is 4.95. The summed E-state index contributed by atoms with van der Waals surface area (Å²) in [5.41, 5.74) is 0. The molecular weight excluding hydrogens is 334 g/mol. The normalized spacial score (nSPS) is 22.4. The van der Waals surface area contributed by atoms with E-state index in [9.17, 15) is 9.59 Å². The minimum Gasteiger partial charge on any atom is -0.479 e. The molecule has 5 nitrogen and oxygen atoms in total. The summed E-state index contributed by atoms with van der Waals surface area (Å²) in [6.07, 6.45) is 0.149. The van der Waals surface area contributed by atoms with E-state index < -0.39 is 18.2 Å². The van der Waals surface area contributed by atoms with Gasteiger partial charge in [-0.05, 0) is 47.3 Å². The van der Waals surface area contributed by atoms with E-state index in [1.807, 2.05) is 12.1 Å². The first kappa shape index (κ1) is 14.5. The minimum atomic E-state index is -1.00. The zero-order valence-corrected chi connectivity index (χ0v) is 12.5. The average Bonchev–Trinajstić information content (AvgIpc) is 2.98. The van der Waals surface area contributed by atoms with Gasteiger partial charge in [0.25, 0.3) is 0 Å². The fraction of sp³-hybridized carbons (Fsp3) is 0.500. The monoisotopic (exact) mass is 347 g/mol. The lowest BCUT2D eigenvalue weighted by Crippen LogP contribution is -2.36. The summed E-state index contributed by atoms with van der Waals surface area (Å²) >= 11 is 5.01. The third-order valence-electron chi connectivity index (χ3n) is 2.89. The number of ether oxygens (including phenoxy) is 1. The van der Waals surface area contributed by atoms with Crippen molar-refractivity contribution in [3.05, 3.63) is 20.8 Å². The number of amides is 1. The first-order chi connectivity index (χ1) is 9.06. The van der Waals surface area contributed by atoms with Gasteiger partial charge in [0.1, 0.15) is 6.10 Å². The number of rotatable bonds is 5. The van der Waals surface area contributed by atoms with Crippen molar-refractivity contribution >= 4 is 39.1 Å². The van der Waals surface area contributed by atoms with Gasteiger partial charge in [0.2, 0.25) is 5.91 Å². The van der Waals surface area contributed by atoms with Crippen molar-refractivity contribution in [1.82, 2.24) is 5.32 Å². The van der Waals surface area contributed by atoms with Gasteiger partial charge in [0.05, 0.1) is 3.79 Å². The molecule has 2 rings (SSSR count). The van der Waals surface area contributed by atoms with Crippen LogP contribution in [0, 0.1) is 0 Å². The number of hydrogen-bond acceptors (Lipinski definition) is 4. The van der Waals surface area contributed by atoms with Crippen molar-refractivity contribution in [2.75, 3.05) is 6.54 Å². The van der Waals surface area contributed by atoms with E-state index in [-0.39, 0.29) is 5.91 Å². The molecule has 0 aliphatic carbocycles. The number of aliphatic carboxylic acids is 1. The number of carbonyl (C=O) groups excluding carboxylic acids is 1. The summed E-state index contributed by atoms with van der Waals surface area (Å²) in [6, 6.07) is 3.98. The summed E-state index contributed by atoms with van der Waals surface area (Å²) < 4.78 is 6.24. The van der Waals surface area contributed by atoms with E-state index in [4.69, 9.17) is 9.84 Å². The highest BCUT2D eigenvalue weighted by molar-refractivity contribution is 9.11. The van der Waals surface area contributed by atoms with Crippen LogP contribution in [0.15, 0.2) is 15.9 Å².